The highest BCUT2D eigenvalue weighted by Gasteiger charge is 2.06. The second kappa shape index (κ2) is 5.43. The summed E-state index contributed by atoms with van der Waals surface area (Å²) < 4.78 is 0. The number of hydrogen-bond acceptors (Lipinski definition) is 3. The molecule has 1 aromatic carbocycles. The van der Waals surface area contributed by atoms with Crippen LogP contribution in [0.15, 0.2) is 30.5 Å². The monoisotopic (exact) mass is 247 g/mol. The van der Waals surface area contributed by atoms with Gasteiger partial charge in [0, 0.05) is 23.9 Å². The zero-order valence-corrected chi connectivity index (χ0v) is 11.0. The lowest BCUT2D eigenvalue weighted by Crippen LogP contribution is -2.01. The van der Waals surface area contributed by atoms with Crippen LogP contribution in [0.2, 0.25) is 0 Å². The van der Waals surface area contributed by atoms with Gasteiger partial charge in [0.05, 0.1) is 11.1 Å². The average Bonchev–Trinajstić information content (AvgIpc) is 2.68. The minimum atomic E-state index is -0.290. The number of thiazole rings is 1. The number of aryl methyl sites for hydroxylation is 1. The summed E-state index contributed by atoms with van der Waals surface area (Å²) in [6.07, 6.45) is 3.18. The van der Waals surface area contributed by atoms with Crippen LogP contribution in [-0.2, 0) is 12.8 Å². The number of hydrogen-bond donors (Lipinski definition) is 1. The van der Waals surface area contributed by atoms with Gasteiger partial charge in [-0.25, -0.2) is 4.98 Å². The highest BCUT2D eigenvalue weighted by atomic mass is 32.1. The van der Waals surface area contributed by atoms with Crippen molar-refractivity contribution in [3.8, 4) is 0 Å². The molecule has 0 aliphatic carbocycles. The Morgan fingerprint density at radius 1 is 1.35 bits per heavy atom. The van der Waals surface area contributed by atoms with Gasteiger partial charge in [0.15, 0.2) is 0 Å². The van der Waals surface area contributed by atoms with Crippen LogP contribution in [-0.4, -0.2) is 16.2 Å². The third-order valence-electron chi connectivity index (χ3n) is 2.70. The van der Waals surface area contributed by atoms with Crippen molar-refractivity contribution in [3.05, 3.63) is 51.5 Å². The zero-order valence-electron chi connectivity index (χ0n) is 10.2. The first-order valence-electron chi connectivity index (χ1n) is 5.81. The molecule has 0 amide bonds. The lowest BCUT2D eigenvalue weighted by molar-refractivity contribution is 0.196. The van der Waals surface area contributed by atoms with E-state index in [1.807, 2.05) is 6.20 Å². The second-order valence-electron chi connectivity index (χ2n) is 4.38. The summed E-state index contributed by atoms with van der Waals surface area (Å²) in [4.78, 5) is 5.57. The molecule has 0 saturated carbocycles. The van der Waals surface area contributed by atoms with E-state index in [9.17, 15) is 5.11 Å². The van der Waals surface area contributed by atoms with Gasteiger partial charge in [0.25, 0.3) is 0 Å². The van der Waals surface area contributed by atoms with Gasteiger partial charge < -0.3 is 5.11 Å². The fourth-order valence-electron chi connectivity index (χ4n) is 1.79. The maximum atomic E-state index is 9.33. The van der Waals surface area contributed by atoms with Crippen LogP contribution in [0.25, 0.3) is 0 Å². The largest absolute Gasteiger partial charge is 0.393 e. The molecule has 2 rings (SSSR count). The normalized spacial score (nSPS) is 12.6. The van der Waals surface area contributed by atoms with Crippen LogP contribution in [0.1, 0.15) is 27.9 Å². The summed E-state index contributed by atoms with van der Waals surface area (Å²) in [6, 6.07) is 8.39. The maximum Gasteiger partial charge on any atom is 0.0971 e. The van der Waals surface area contributed by atoms with Gasteiger partial charge in [-0.1, -0.05) is 24.3 Å². The van der Waals surface area contributed by atoms with Crippen molar-refractivity contribution in [1.82, 2.24) is 4.98 Å². The fraction of sp³-hybridized carbons (Fsp3) is 0.357. The van der Waals surface area contributed by atoms with Gasteiger partial charge in [-0.05, 0) is 25.0 Å². The topological polar surface area (TPSA) is 33.1 Å². The molecule has 0 saturated heterocycles. The minimum absolute atomic E-state index is 0.290. The molecule has 0 fully saturated rings. The summed E-state index contributed by atoms with van der Waals surface area (Å²) in [7, 11) is 0. The molecule has 90 valence electrons. The predicted octanol–water partition coefficient (Wildman–Crippen LogP) is 2.97. The van der Waals surface area contributed by atoms with Crippen LogP contribution in [0.3, 0.4) is 0 Å². The highest BCUT2D eigenvalue weighted by molar-refractivity contribution is 7.11. The quantitative estimate of drug-likeness (QED) is 0.901. The molecule has 0 radical (unpaired) electrons. The van der Waals surface area contributed by atoms with E-state index in [0.29, 0.717) is 6.42 Å². The molecule has 1 atom stereocenters. The molecular formula is C14H17NOS. The van der Waals surface area contributed by atoms with Crippen molar-refractivity contribution < 1.29 is 5.11 Å². The second-order valence-corrected chi connectivity index (χ2v) is 5.58. The van der Waals surface area contributed by atoms with Crippen LogP contribution < -0.4 is 0 Å². The Labute approximate surface area is 106 Å². The van der Waals surface area contributed by atoms with Crippen molar-refractivity contribution in [2.75, 3.05) is 0 Å². The third kappa shape index (κ3) is 3.38. The van der Waals surface area contributed by atoms with E-state index in [1.165, 1.54) is 11.1 Å². The highest BCUT2D eigenvalue weighted by Crippen LogP contribution is 2.19. The summed E-state index contributed by atoms with van der Waals surface area (Å²) in [5, 5.41) is 10.4. The van der Waals surface area contributed by atoms with E-state index in [2.05, 4.69) is 36.2 Å². The summed E-state index contributed by atoms with van der Waals surface area (Å²) in [5.41, 5.74) is 2.63. The molecule has 1 aromatic heterocycles. The van der Waals surface area contributed by atoms with Crippen LogP contribution in [0.4, 0.5) is 0 Å². The van der Waals surface area contributed by atoms with E-state index in [1.54, 1.807) is 18.3 Å². The molecule has 17 heavy (non-hydrogen) atoms. The molecule has 1 N–H and O–H groups in total. The van der Waals surface area contributed by atoms with Crippen molar-refractivity contribution in [2.45, 2.75) is 32.8 Å². The first kappa shape index (κ1) is 12.3. The Morgan fingerprint density at radius 2 is 2.12 bits per heavy atom. The molecule has 0 bridgehead atoms. The van der Waals surface area contributed by atoms with Crippen molar-refractivity contribution in [2.24, 2.45) is 0 Å². The zero-order chi connectivity index (χ0) is 12.3. The van der Waals surface area contributed by atoms with Gasteiger partial charge in [-0.15, -0.1) is 11.3 Å². The molecule has 2 aromatic rings. The first-order chi connectivity index (χ1) is 8.15. The number of nitrogens with zero attached hydrogens (tertiary/aromatic N) is 1. The van der Waals surface area contributed by atoms with Gasteiger partial charge in [-0.2, -0.15) is 0 Å². The standard InChI is InChI=1S/C14H17NOS/c1-10-5-3-4-6-12(10)8-14-15-9-13(17-14)7-11(2)16/h3-6,9,11,16H,7-8H2,1-2H3. The summed E-state index contributed by atoms with van der Waals surface area (Å²) >= 11 is 1.69. The third-order valence-corrected chi connectivity index (χ3v) is 3.72. The molecule has 1 unspecified atom stereocenters. The Kier molecular flexibility index (Phi) is 3.92. The van der Waals surface area contributed by atoms with Crippen molar-refractivity contribution in [3.63, 3.8) is 0 Å². The Bertz CT molecular complexity index is 490. The lowest BCUT2D eigenvalue weighted by Gasteiger charge is -2.02. The van der Waals surface area contributed by atoms with E-state index < -0.39 is 0 Å². The lowest BCUT2D eigenvalue weighted by atomic mass is 10.1. The number of aliphatic hydroxyl groups excluding tert-OH is 1. The Balaban J connectivity index is 2.09. The van der Waals surface area contributed by atoms with Gasteiger partial charge in [0.1, 0.15) is 0 Å². The maximum absolute atomic E-state index is 9.33. The van der Waals surface area contributed by atoms with E-state index in [0.717, 1.165) is 16.3 Å². The van der Waals surface area contributed by atoms with Crippen molar-refractivity contribution >= 4 is 11.3 Å². The number of benzene rings is 1. The van der Waals surface area contributed by atoms with Crippen LogP contribution in [0, 0.1) is 6.92 Å². The first-order valence-corrected chi connectivity index (χ1v) is 6.63. The number of rotatable bonds is 4. The van der Waals surface area contributed by atoms with Gasteiger partial charge in [-0.3, -0.25) is 0 Å². The molecule has 1 heterocycles. The van der Waals surface area contributed by atoms with Gasteiger partial charge >= 0.3 is 0 Å². The molecule has 0 aliphatic rings. The number of aliphatic hydroxyl groups is 1. The van der Waals surface area contributed by atoms with Crippen molar-refractivity contribution in [1.29, 1.82) is 0 Å². The Hall–Kier alpha value is -1.19. The SMILES string of the molecule is Cc1ccccc1Cc1ncc(CC(C)O)s1. The molecule has 3 heteroatoms. The van der Waals surface area contributed by atoms with Crippen LogP contribution >= 0.6 is 11.3 Å². The van der Waals surface area contributed by atoms with Gasteiger partial charge in [0.2, 0.25) is 0 Å². The van der Waals surface area contributed by atoms with Crippen LogP contribution in [0.5, 0.6) is 0 Å². The summed E-state index contributed by atoms with van der Waals surface area (Å²) in [6.45, 7) is 3.93. The molecule has 0 spiro atoms. The molecule has 2 nitrogen and oxygen atoms in total. The summed E-state index contributed by atoms with van der Waals surface area (Å²) in [5.74, 6) is 0. The van der Waals surface area contributed by atoms with E-state index >= 15 is 0 Å². The Morgan fingerprint density at radius 3 is 2.82 bits per heavy atom. The smallest absolute Gasteiger partial charge is 0.0971 e. The average molecular weight is 247 g/mol. The molecular weight excluding hydrogens is 230 g/mol. The minimum Gasteiger partial charge on any atom is -0.393 e. The van der Waals surface area contributed by atoms with E-state index in [4.69, 9.17) is 0 Å². The van der Waals surface area contributed by atoms with E-state index in [-0.39, 0.29) is 6.10 Å². The molecule has 0 aliphatic heterocycles. The number of aromatic nitrogens is 1. The fourth-order valence-corrected chi connectivity index (χ4v) is 2.85. The predicted molar refractivity (Wildman–Crippen MR) is 71.5 cm³/mol.